The molecule has 2 aromatic heterocycles. The van der Waals surface area contributed by atoms with E-state index in [0.717, 1.165) is 25.7 Å². The smallest absolute Gasteiger partial charge is 0.459 e. The maximum absolute atomic E-state index is 14.4. The van der Waals surface area contributed by atoms with Gasteiger partial charge in [0.1, 0.15) is 35.8 Å². The predicted octanol–water partition coefficient (Wildman–Crippen LogP) is 4.13. The lowest BCUT2D eigenvalue weighted by molar-refractivity contribution is -0.171. The van der Waals surface area contributed by atoms with Crippen LogP contribution in [0.2, 0.25) is 0 Å². The standard InChI is InChI=1S/C35H49N6O10P/c1-20(2)33(42)49-30-28(48-29(31(30)50-34(43)21(3)4)26-15-16-27-32(37)38-19-39-41(26)27)18-47-52(45,51-25-9-7-6-8-10-25)40-22(5)35(44)46-17-23-11-13-24(36)14-12-23/h6-10,15-16,19-24,28-31H,11-14,17-18,36H2,1-5H3,(H,40,45)(H2,37,38,39)/t22-,23-,24-,28+,29-,30+,31-,52+/m0/s1. The number of nitrogens with one attached hydrogen (secondary N) is 1. The second-order valence-corrected chi connectivity index (χ2v) is 15.6. The van der Waals surface area contributed by atoms with Crippen molar-refractivity contribution in [3.05, 3.63) is 54.5 Å². The molecule has 52 heavy (non-hydrogen) atoms. The molecule has 3 heterocycles. The Morgan fingerprint density at radius 3 is 2.23 bits per heavy atom. The van der Waals surface area contributed by atoms with E-state index in [9.17, 15) is 18.9 Å². The molecule has 284 valence electrons. The van der Waals surface area contributed by atoms with Gasteiger partial charge in [-0.2, -0.15) is 10.2 Å². The Kier molecular flexibility index (Phi) is 12.9. The average Bonchev–Trinajstić information content (AvgIpc) is 3.69. The molecule has 2 aliphatic rings. The molecule has 17 heteroatoms. The van der Waals surface area contributed by atoms with Gasteiger partial charge in [0.25, 0.3) is 0 Å². The van der Waals surface area contributed by atoms with Crippen LogP contribution < -0.4 is 21.1 Å². The number of carbonyl (C=O) groups is 3. The minimum absolute atomic E-state index is 0.159. The molecule has 1 saturated carbocycles. The van der Waals surface area contributed by atoms with Gasteiger partial charge in [-0.1, -0.05) is 45.9 Å². The van der Waals surface area contributed by atoms with Crippen LogP contribution in [0.15, 0.2) is 48.8 Å². The van der Waals surface area contributed by atoms with E-state index in [4.69, 9.17) is 39.5 Å². The fourth-order valence-corrected chi connectivity index (χ4v) is 7.45. The zero-order valence-electron chi connectivity index (χ0n) is 30.1. The highest BCUT2D eigenvalue weighted by atomic mass is 31.2. The molecule has 1 aliphatic heterocycles. The molecular weight excluding hydrogens is 695 g/mol. The fraction of sp³-hybridized carbons (Fsp3) is 0.571. The molecule has 3 aromatic rings. The molecule has 1 aromatic carbocycles. The van der Waals surface area contributed by atoms with Gasteiger partial charge >= 0.3 is 25.7 Å². The number of nitrogens with zero attached hydrogens (tertiary/aromatic N) is 3. The fourth-order valence-electron chi connectivity index (χ4n) is 5.95. The van der Waals surface area contributed by atoms with Crippen LogP contribution in [0.4, 0.5) is 5.82 Å². The Hall–Kier alpha value is -4.08. The molecular formula is C35H49N6O10P. The molecule has 6 atom stereocenters. The van der Waals surface area contributed by atoms with Crippen molar-refractivity contribution in [1.29, 1.82) is 0 Å². The Balaban J connectivity index is 1.41. The molecule has 0 unspecified atom stereocenters. The van der Waals surface area contributed by atoms with Crippen molar-refractivity contribution >= 4 is 37.0 Å². The number of hydrogen-bond acceptors (Lipinski definition) is 14. The van der Waals surface area contributed by atoms with Crippen LogP contribution >= 0.6 is 7.75 Å². The number of benzene rings is 1. The maximum atomic E-state index is 14.4. The topological polar surface area (TPSA) is 218 Å². The number of fused-ring (bicyclic) bond motifs is 1. The van der Waals surface area contributed by atoms with E-state index in [-0.39, 0.29) is 30.1 Å². The van der Waals surface area contributed by atoms with Crippen molar-refractivity contribution in [2.75, 3.05) is 18.9 Å². The minimum atomic E-state index is -4.37. The van der Waals surface area contributed by atoms with Gasteiger partial charge in [-0.25, -0.2) is 14.1 Å². The highest BCUT2D eigenvalue weighted by Crippen LogP contribution is 2.47. The van der Waals surface area contributed by atoms with Crippen molar-refractivity contribution < 1.29 is 46.9 Å². The molecule has 1 aliphatic carbocycles. The summed E-state index contributed by atoms with van der Waals surface area (Å²) in [6.45, 7) is 7.88. The van der Waals surface area contributed by atoms with E-state index in [2.05, 4.69) is 15.2 Å². The van der Waals surface area contributed by atoms with Gasteiger partial charge < -0.3 is 34.9 Å². The minimum Gasteiger partial charge on any atom is -0.464 e. The second kappa shape index (κ2) is 17.2. The SMILES string of the molecule is CC(C)C(=O)O[C@@H]1[C@H](OC(=O)C(C)C)[C@@H](CO[P@](=O)(N[C@@H](C)C(=O)OC[C@H]2CC[C@H](N)CC2)Oc2ccccc2)O[C@H]1c1ccc2c(N)ncnn12. The van der Waals surface area contributed by atoms with E-state index in [1.807, 2.05) is 0 Å². The van der Waals surface area contributed by atoms with Crippen LogP contribution in [0.1, 0.15) is 72.1 Å². The summed E-state index contributed by atoms with van der Waals surface area (Å²) in [4.78, 5) is 43.2. The van der Waals surface area contributed by atoms with Crippen molar-refractivity contribution in [2.24, 2.45) is 23.5 Å². The quantitative estimate of drug-likeness (QED) is 0.113. The van der Waals surface area contributed by atoms with Crippen LogP contribution in [-0.4, -0.2) is 76.1 Å². The maximum Gasteiger partial charge on any atom is 0.459 e. The van der Waals surface area contributed by atoms with Gasteiger partial charge in [-0.15, -0.1) is 0 Å². The normalized spacial score (nSPS) is 25.1. The van der Waals surface area contributed by atoms with Crippen LogP contribution in [0.3, 0.4) is 0 Å². The first-order valence-corrected chi connectivity index (χ1v) is 19.1. The summed E-state index contributed by atoms with van der Waals surface area (Å²) in [7, 11) is -4.37. The van der Waals surface area contributed by atoms with E-state index in [1.54, 1.807) is 70.2 Å². The van der Waals surface area contributed by atoms with E-state index < -0.39 is 74.6 Å². The first-order chi connectivity index (χ1) is 24.7. The summed E-state index contributed by atoms with van der Waals surface area (Å²) in [5.41, 5.74) is 13.0. The summed E-state index contributed by atoms with van der Waals surface area (Å²) < 4.78 is 51.7. The summed E-state index contributed by atoms with van der Waals surface area (Å²) >= 11 is 0. The number of rotatable bonds is 15. The number of hydrogen-bond donors (Lipinski definition) is 3. The Morgan fingerprint density at radius 1 is 0.923 bits per heavy atom. The van der Waals surface area contributed by atoms with Crippen molar-refractivity contribution in [3.63, 3.8) is 0 Å². The zero-order chi connectivity index (χ0) is 37.6. The van der Waals surface area contributed by atoms with Crippen LogP contribution in [0.5, 0.6) is 5.75 Å². The number of carbonyl (C=O) groups excluding carboxylic acids is 3. The Morgan fingerprint density at radius 2 is 1.58 bits per heavy atom. The monoisotopic (exact) mass is 744 g/mol. The first kappa shape index (κ1) is 39.1. The number of esters is 3. The third-order valence-corrected chi connectivity index (χ3v) is 10.6. The number of aromatic nitrogens is 3. The summed E-state index contributed by atoms with van der Waals surface area (Å²) in [5.74, 6) is -2.27. The number of anilines is 1. The molecule has 5 rings (SSSR count). The second-order valence-electron chi connectivity index (χ2n) is 13.9. The zero-order valence-corrected chi connectivity index (χ0v) is 31.0. The molecule has 1 saturated heterocycles. The number of nitrogens with two attached hydrogens (primary N) is 2. The number of para-hydroxylation sites is 1. The lowest BCUT2D eigenvalue weighted by atomic mass is 9.87. The van der Waals surface area contributed by atoms with Gasteiger partial charge in [0.2, 0.25) is 0 Å². The highest BCUT2D eigenvalue weighted by molar-refractivity contribution is 7.52. The Bertz CT molecular complexity index is 1730. The van der Waals surface area contributed by atoms with Crippen molar-refractivity contribution in [1.82, 2.24) is 19.7 Å². The largest absolute Gasteiger partial charge is 0.464 e. The first-order valence-electron chi connectivity index (χ1n) is 17.6. The van der Waals surface area contributed by atoms with E-state index in [1.165, 1.54) is 17.8 Å². The highest BCUT2D eigenvalue weighted by Gasteiger charge is 2.52. The molecule has 0 radical (unpaired) electrons. The predicted molar refractivity (Wildman–Crippen MR) is 189 cm³/mol. The Labute approximate surface area is 302 Å². The molecule has 0 bridgehead atoms. The van der Waals surface area contributed by atoms with Gasteiger partial charge in [0.15, 0.2) is 18.0 Å². The number of nitrogen functional groups attached to an aromatic ring is 1. The molecule has 0 amide bonds. The van der Waals surface area contributed by atoms with Gasteiger partial charge in [-0.3, -0.25) is 18.9 Å². The summed E-state index contributed by atoms with van der Waals surface area (Å²) in [5, 5.41) is 7.00. The van der Waals surface area contributed by atoms with Crippen LogP contribution in [0.25, 0.3) is 5.52 Å². The van der Waals surface area contributed by atoms with Crippen LogP contribution in [-0.2, 0) is 42.4 Å². The van der Waals surface area contributed by atoms with Gasteiger partial charge in [-0.05, 0) is 62.8 Å². The lowest BCUT2D eigenvalue weighted by Gasteiger charge is -2.28. The summed E-state index contributed by atoms with van der Waals surface area (Å²) in [6.07, 6.45) is 0.129. The third kappa shape index (κ3) is 9.66. The van der Waals surface area contributed by atoms with Crippen molar-refractivity contribution in [2.45, 2.75) is 96.8 Å². The average molecular weight is 745 g/mol. The molecule has 2 fully saturated rings. The van der Waals surface area contributed by atoms with Gasteiger partial charge in [0.05, 0.1) is 30.7 Å². The summed E-state index contributed by atoms with van der Waals surface area (Å²) in [6, 6.07) is 10.7. The lowest BCUT2D eigenvalue weighted by Crippen LogP contribution is -2.42. The number of ether oxygens (including phenoxy) is 4. The van der Waals surface area contributed by atoms with Crippen LogP contribution in [0, 0.1) is 17.8 Å². The van der Waals surface area contributed by atoms with Gasteiger partial charge in [0, 0.05) is 6.04 Å². The van der Waals surface area contributed by atoms with E-state index >= 15 is 0 Å². The van der Waals surface area contributed by atoms with E-state index in [0.29, 0.717) is 11.2 Å². The molecule has 16 nitrogen and oxygen atoms in total. The molecule has 0 spiro atoms. The third-order valence-electron chi connectivity index (χ3n) is 9.00. The molecule has 5 N–H and O–H groups in total. The van der Waals surface area contributed by atoms with Crippen molar-refractivity contribution in [3.8, 4) is 5.75 Å².